The molecule has 2 amide bonds. The van der Waals surface area contributed by atoms with E-state index in [4.69, 9.17) is 4.42 Å². The molecule has 0 saturated heterocycles. The number of hydrazine groups is 1. The fourth-order valence-corrected chi connectivity index (χ4v) is 3.52. The number of hydrogen-bond acceptors (Lipinski definition) is 5. The van der Waals surface area contributed by atoms with E-state index in [-0.39, 0.29) is 21.9 Å². The van der Waals surface area contributed by atoms with Gasteiger partial charge in [-0.05, 0) is 54.6 Å². The number of carbonyl (C=O) groups excluding carboxylic acids is 2. The number of carbonyl (C=O) groups is 2. The second-order valence-electron chi connectivity index (χ2n) is 5.53. The molecule has 8 nitrogen and oxygen atoms in total. The molecule has 0 unspecified atom stereocenters. The van der Waals surface area contributed by atoms with Gasteiger partial charge in [0.15, 0.2) is 5.76 Å². The molecule has 1 aromatic heterocycles. The van der Waals surface area contributed by atoms with Gasteiger partial charge in [-0.3, -0.25) is 25.2 Å². The molecule has 0 spiro atoms. The molecule has 0 aliphatic rings. The van der Waals surface area contributed by atoms with Gasteiger partial charge in [0.1, 0.15) is 0 Å². The third-order valence-corrected chi connectivity index (χ3v) is 5.46. The van der Waals surface area contributed by atoms with E-state index in [2.05, 4.69) is 31.5 Å². The first kappa shape index (κ1) is 19.6. The summed E-state index contributed by atoms with van der Waals surface area (Å²) >= 11 is 3.25. The minimum Gasteiger partial charge on any atom is -0.459 e. The Kier molecular flexibility index (Phi) is 5.81. The zero-order valence-electron chi connectivity index (χ0n) is 14.2. The van der Waals surface area contributed by atoms with Crippen LogP contribution < -0.4 is 15.6 Å². The second-order valence-corrected chi connectivity index (χ2v) is 8.12. The third-order valence-electron chi connectivity index (χ3n) is 3.54. The fraction of sp³-hybridized carbons (Fsp3) is 0. The minimum absolute atomic E-state index is 0.0382. The summed E-state index contributed by atoms with van der Waals surface area (Å²) in [6.45, 7) is 0. The first-order chi connectivity index (χ1) is 13.3. The topological polar surface area (TPSA) is 118 Å². The number of sulfonamides is 1. The van der Waals surface area contributed by atoms with Gasteiger partial charge >= 0.3 is 5.91 Å². The number of hydrogen-bond donors (Lipinski definition) is 3. The number of nitrogens with one attached hydrogen (secondary N) is 3. The molecule has 0 aliphatic heterocycles. The standard InChI is InChI=1S/C18H14BrN3O5S/c19-13-6-8-15(9-7-13)28(25,26)22-14-4-1-3-12(11-14)17(23)20-21-18(24)16-5-2-10-27-16/h1-11,22H,(H,20,23)(H,21,24). The Balaban J connectivity index is 1.68. The van der Waals surface area contributed by atoms with Gasteiger partial charge in [-0.15, -0.1) is 0 Å². The molecular formula is C18H14BrN3O5S. The van der Waals surface area contributed by atoms with E-state index < -0.39 is 21.8 Å². The van der Waals surface area contributed by atoms with E-state index in [1.807, 2.05) is 0 Å². The van der Waals surface area contributed by atoms with Gasteiger partial charge in [-0.2, -0.15) is 0 Å². The van der Waals surface area contributed by atoms with Crippen molar-refractivity contribution in [2.75, 3.05) is 4.72 Å². The van der Waals surface area contributed by atoms with Gasteiger partial charge in [0.2, 0.25) is 0 Å². The van der Waals surface area contributed by atoms with Crippen molar-refractivity contribution in [3.8, 4) is 0 Å². The summed E-state index contributed by atoms with van der Waals surface area (Å²) in [5.41, 5.74) is 4.79. The van der Waals surface area contributed by atoms with E-state index in [0.717, 1.165) is 4.47 Å². The predicted molar refractivity (Wildman–Crippen MR) is 105 cm³/mol. The number of halogens is 1. The van der Waals surface area contributed by atoms with E-state index in [0.29, 0.717) is 0 Å². The van der Waals surface area contributed by atoms with Crippen LogP contribution in [0.3, 0.4) is 0 Å². The molecule has 1 heterocycles. The van der Waals surface area contributed by atoms with Crippen molar-refractivity contribution in [3.05, 3.63) is 82.7 Å². The molecule has 3 N–H and O–H groups in total. The summed E-state index contributed by atoms with van der Waals surface area (Å²) in [5, 5.41) is 0. The van der Waals surface area contributed by atoms with Crippen molar-refractivity contribution in [2.45, 2.75) is 4.90 Å². The Hall–Kier alpha value is -3.11. The van der Waals surface area contributed by atoms with Crippen LogP contribution in [0, 0.1) is 0 Å². The molecule has 0 atom stereocenters. The lowest BCUT2D eigenvalue weighted by atomic mass is 10.2. The lowest BCUT2D eigenvalue weighted by molar-refractivity contribution is 0.0831. The normalized spacial score (nSPS) is 10.9. The largest absolute Gasteiger partial charge is 0.459 e. The third kappa shape index (κ3) is 4.78. The molecule has 10 heteroatoms. The van der Waals surface area contributed by atoms with Gasteiger partial charge in [-0.1, -0.05) is 22.0 Å². The molecule has 28 heavy (non-hydrogen) atoms. The monoisotopic (exact) mass is 463 g/mol. The zero-order chi connectivity index (χ0) is 20.1. The molecule has 0 saturated carbocycles. The van der Waals surface area contributed by atoms with Crippen molar-refractivity contribution in [1.82, 2.24) is 10.9 Å². The van der Waals surface area contributed by atoms with Crippen LogP contribution in [0.25, 0.3) is 0 Å². The Morgan fingerprint density at radius 3 is 2.29 bits per heavy atom. The predicted octanol–water partition coefficient (Wildman–Crippen LogP) is 2.92. The molecular weight excluding hydrogens is 450 g/mol. The van der Waals surface area contributed by atoms with Crippen LogP contribution in [0.5, 0.6) is 0 Å². The van der Waals surface area contributed by atoms with Crippen LogP contribution in [0.2, 0.25) is 0 Å². The summed E-state index contributed by atoms with van der Waals surface area (Å²) in [6, 6.07) is 15.0. The maximum atomic E-state index is 12.4. The van der Waals surface area contributed by atoms with Crippen molar-refractivity contribution in [1.29, 1.82) is 0 Å². The first-order valence-corrected chi connectivity index (χ1v) is 10.2. The second kappa shape index (κ2) is 8.28. The number of furan rings is 1. The van der Waals surface area contributed by atoms with Crippen LogP contribution in [-0.2, 0) is 10.0 Å². The molecule has 2 aromatic carbocycles. The van der Waals surface area contributed by atoms with Crippen molar-refractivity contribution >= 4 is 43.5 Å². The minimum atomic E-state index is -3.81. The van der Waals surface area contributed by atoms with E-state index in [9.17, 15) is 18.0 Å². The van der Waals surface area contributed by atoms with E-state index in [1.54, 1.807) is 12.1 Å². The van der Waals surface area contributed by atoms with Crippen LogP contribution in [-0.4, -0.2) is 20.2 Å². The lowest BCUT2D eigenvalue weighted by Gasteiger charge is -2.10. The number of benzene rings is 2. The van der Waals surface area contributed by atoms with Crippen LogP contribution in [0.4, 0.5) is 5.69 Å². The Bertz CT molecular complexity index is 1100. The Labute approximate surface area is 169 Å². The smallest absolute Gasteiger partial charge is 0.305 e. The molecule has 3 rings (SSSR count). The molecule has 0 radical (unpaired) electrons. The van der Waals surface area contributed by atoms with Crippen molar-refractivity contribution in [2.24, 2.45) is 0 Å². The van der Waals surface area contributed by atoms with Crippen LogP contribution >= 0.6 is 15.9 Å². The summed E-state index contributed by atoms with van der Waals surface area (Å²) < 4.78 is 33.0. The lowest BCUT2D eigenvalue weighted by Crippen LogP contribution is -2.41. The average Bonchev–Trinajstić information content (AvgIpc) is 3.21. The van der Waals surface area contributed by atoms with Gasteiger partial charge in [0, 0.05) is 15.7 Å². The van der Waals surface area contributed by atoms with Gasteiger partial charge in [0.05, 0.1) is 11.2 Å². The highest BCUT2D eigenvalue weighted by atomic mass is 79.9. The molecule has 0 aliphatic carbocycles. The highest BCUT2D eigenvalue weighted by molar-refractivity contribution is 9.10. The quantitative estimate of drug-likeness (QED) is 0.502. The Morgan fingerprint density at radius 1 is 0.893 bits per heavy atom. The van der Waals surface area contributed by atoms with E-state index in [1.165, 1.54) is 54.8 Å². The number of amides is 2. The van der Waals surface area contributed by atoms with E-state index >= 15 is 0 Å². The molecule has 0 fully saturated rings. The van der Waals surface area contributed by atoms with Crippen molar-refractivity contribution in [3.63, 3.8) is 0 Å². The average molecular weight is 464 g/mol. The van der Waals surface area contributed by atoms with Crippen LogP contribution in [0.1, 0.15) is 20.9 Å². The molecule has 144 valence electrons. The van der Waals surface area contributed by atoms with Crippen LogP contribution in [0.15, 0.2) is 80.7 Å². The fourth-order valence-electron chi connectivity index (χ4n) is 2.21. The first-order valence-electron chi connectivity index (χ1n) is 7.88. The van der Waals surface area contributed by atoms with Gasteiger partial charge in [0.25, 0.3) is 15.9 Å². The molecule has 0 bridgehead atoms. The van der Waals surface area contributed by atoms with Gasteiger partial charge < -0.3 is 4.42 Å². The summed E-state index contributed by atoms with van der Waals surface area (Å²) in [6.07, 6.45) is 1.33. The number of rotatable bonds is 5. The van der Waals surface area contributed by atoms with Gasteiger partial charge in [-0.25, -0.2) is 8.42 Å². The maximum absolute atomic E-state index is 12.4. The van der Waals surface area contributed by atoms with Crippen molar-refractivity contribution < 1.29 is 22.4 Å². The highest BCUT2D eigenvalue weighted by Crippen LogP contribution is 2.19. The Morgan fingerprint density at radius 2 is 1.61 bits per heavy atom. The SMILES string of the molecule is O=C(NNC(=O)c1ccco1)c1cccc(NS(=O)(=O)c2ccc(Br)cc2)c1. The summed E-state index contributed by atoms with van der Waals surface area (Å²) in [7, 11) is -3.81. The summed E-state index contributed by atoms with van der Waals surface area (Å²) in [4.78, 5) is 24.0. The maximum Gasteiger partial charge on any atom is 0.305 e. The molecule has 3 aromatic rings. The number of anilines is 1. The highest BCUT2D eigenvalue weighted by Gasteiger charge is 2.16. The summed E-state index contributed by atoms with van der Waals surface area (Å²) in [5.74, 6) is -1.20. The zero-order valence-corrected chi connectivity index (χ0v) is 16.6.